The Kier molecular flexibility index (Phi) is 5.77. The highest BCUT2D eigenvalue weighted by Crippen LogP contribution is 2.44. The third kappa shape index (κ3) is 4.34. The van der Waals surface area contributed by atoms with Crippen LogP contribution in [0.4, 0.5) is 0 Å². The summed E-state index contributed by atoms with van der Waals surface area (Å²) in [6.07, 6.45) is 4.04. The zero-order chi connectivity index (χ0) is 21.2. The first kappa shape index (κ1) is 20.6. The lowest BCUT2D eigenvalue weighted by atomic mass is 10.0. The second kappa shape index (κ2) is 8.11. The van der Waals surface area contributed by atoms with Crippen LogP contribution in [0.2, 0.25) is 0 Å². The third-order valence-corrected chi connectivity index (χ3v) is 4.91. The maximum Gasteiger partial charge on any atom is 0.358 e. The number of rotatable bonds is 6. The fourth-order valence-corrected chi connectivity index (χ4v) is 3.29. The zero-order valence-electron chi connectivity index (χ0n) is 17.0. The minimum absolute atomic E-state index is 0.0109. The Morgan fingerprint density at radius 1 is 1.17 bits per heavy atom. The van der Waals surface area contributed by atoms with E-state index in [1.807, 2.05) is 13.0 Å². The molecule has 2 unspecified atom stereocenters. The van der Waals surface area contributed by atoms with Crippen molar-refractivity contribution >= 4 is 17.9 Å². The molecule has 0 amide bonds. The standard InChI is InChI=1S/C22H25NO6/c1-5-9-14(2)27-20(25)18(16-10-7-6-8-11-16)23(4)17-15(3)19(24)28-22(12-13-22)29-21(17)26/h5-11,14,18H,12-13H2,1-4H3/b9-5+. The summed E-state index contributed by atoms with van der Waals surface area (Å²) in [6, 6.07) is 8.00. The van der Waals surface area contributed by atoms with E-state index < -0.39 is 35.8 Å². The number of benzene rings is 1. The third-order valence-electron chi connectivity index (χ3n) is 4.91. The van der Waals surface area contributed by atoms with Gasteiger partial charge in [-0.1, -0.05) is 36.4 Å². The lowest BCUT2D eigenvalue weighted by molar-refractivity contribution is -0.188. The molecule has 1 spiro atoms. The van der Waals surface area contributed by atoms with Gasteiger partial charge in [0.15, 0.2) is 6.04 Å². The van der Waals surface area contributed by atoms with Crippen LogP contribution in [-0.4, -0.2) is 41.7 Å². The van der Waals surface area contributed by atoms with E-state index in [1.54, 1.807) is 50.4 Å². The molecule has 1 saturated carbocycles. The van der Waals surface area contributed by atoms with Crippen LogP contribution in [0.25, 0.3) is 0 Å². The Balaban J connectivity index is 1.98. The van der Waals surface area contributed by atoms with Gasteiger partial charge in [-0.25, -0.2) is 14.4 Å². The highest BCUT2D eigenvalue weighted by molar-refractivity contribution is 6.01. The summed E-state index contributed by atoms with van der Waals surface area (Å²) in [4.78, 5) is 39.8. The average molecular weight is 399 g/mol. The van der Waals surface area contributed by atoms with Crippen LogP contribution >= 0.6 is 0 Å². The second-order valence-corrected chi connectivity index (χ2v) is 7.26. The maximum absolute atomic E-state index is 13.0. The quantitative estimate of drug-likeness (QED) is 0.537. The van der Waals surface area contributed by atoms with Crippen molar-refractivity contribution in [3.05, 3.63) is 59.3 Å². The number of likely N-dealkylation sites (N-methyl/N-ethyl adjacent to an activating group) is 1. The van der Waals surface area contributed by atoms with Gasteiger partial charge in [-0.2, -0.15) is 0 Å². The van der Waals surface area contributed by atoms with Crippen LogP contribution in [0, 0.1) is 0 Å². The highest BCUT2D eigenvalue weighted by Gasteiger charge is 2.54. The first-order valence-corrected chi connectivity index (χ1v) is 9.56. The zero-order valence-corrected chi connectivity index (χ0v) is 17.0. The van der Waals surface area contributed by atoms with Crippen LogP contribution in [0.1, 0.15) is 45.2 Å². The van der Waals surface area contributed by atoms with Gasteiger partial charge in [-0.15, -0.1) is 0 Å². The number of hydrogen-bond donors (Lipinski definition) is 0. The van der Waals surface area contributed by atoms with Crippen molar-refractivity contribution in [3.63, 3.8) is 0 Å². The van der Waals surface area contributed by atoms with Crippen LogP contribution in [0.15, 0.2) is 53.8 Å². The number of ether oxygens (including phenoxy) is 3. The van der Waals surface area contributed by atoms with Crippen molar-refractivity contribution in [1.29, 1.82) is 0 Å². The van der Waals surface area contributed by atoms with Crippen molar-refractivity contribution in [3.8, 4) is 0 Å². The van der Waals surface area contributed by atoms with Gasteiger partial charge in [0.25, 0.3) is 5.79 Å². The number of carbonyl (C=O) groups excluding carboxylic acids is 3. The number of carbonyl (C=O) groups is 3. The molecule has 1 aliphatic heterocycles. The van der Waals surface area contributed by atoms with E-state index in [0.29, 0.717) is 18.4 Å². The largest absolute Gasteiger partial charge is 0.457 e. The van der Waals surface area contributed by atoms with Crippen molar-refractivity contribution in [1.82, 2.24) is 4.90 Å². The molecule has 0 aromatic heterocycles. The average Bonchev–Trinajstić information content (AvgIpc) is 3.42. The Morgan fingerprint density at radius 3 is 2.38 bits per heavy atom. The topological polar surface area (TPSA) is 82.1 Å². The molecule has 0 saturated heterocycles. The Hall–Kier alpha value is -3.09. The molecule has 1 aromatic carbocycles. The summed E-state index contributed by atoms with van der Waals surface area (Å²) in [5.74, 6) is -3.03. The number of hydrogen-bond acceptors (Lipinski definition) is 7. The van der Waals surface area contributed by atoms with E-state index in [2.05, 4.69) is 0 Å². The molecule has 1 aliphatic carbocycles. The highest BCUT2D eigenvalue weighted by atomic mass is 16.7. The Bertz CT molecular complexity index is 869. The lowest BCUT2D eigenvalue weighted by Gasteiger charge is -2.30. The van der Waals surface area contributed by atoms with Gasteiger partial charge in [-0.3, -0.25) is 0 Å². The molecule has 0 radical (unpaired) electrons. The Morgan fingerprint density at radius 2 is 1.79 bits per heavy atom. The van der Waals surface area contributed by atoms with Crippen molar-refractivity contribution in [2.45, 2.75) is 51.5 Å². The van der Waals surface area contributed by atoms with Gasteiger partial charge in [0, 0.05) is 19.9 Å². The number of nitrogens with zero attached hydrogens (tertiary/aromatic N) is 1. The number of allylic oxidation sites excluding steroid dienone is 1. The summed E-state index contributed by atoms with van der Waals surface area (Å²) in [6.45, 7) is 5.07. The summed E-state index contributed by atoms with van der Waals surface area (Å²) in [5, 5.41) is 0. The second-order valence-electron chi connectivity index (χ2n) is 7.26. The molecule has 1 fully saturated rings. The molecule has 0 bridgehead atoms. The van der Waals surface area contributed by atoms with Crippen LogP contribution in [0.5, 0.6) is 0 Å². The molecule has 154 valence electrons. The first-order chi connectivity index (χ1) is 13.8. The smallest absolute Gasteiger partial charge is 0.358 e. The van der Waals surface area contributed by atoms with Crippen LogP contribution < -0.4 is 0 Å². The normalized spacial score (nSPS) is 20.0. The molecular weight excluding hydrogens is 374 g/mol. The first-order valence-electron chi connectivity index (χ1n) is 9.56. The predicted octanol–water partition coefficient (Wildman–Crippen LogP) is 3.03. The van der Waals surface area contributed by atoms with E-state index in [1.165, 1.54) is 11.8 Å². The van der Waals surface area contributed by atoms with Gasteiger partial charge in [0.05, 0.1) is 5.57 Å². The molecule has 29 heavy (non-hydrogen) atoms. The van der Waals surface area contributed by atoms with Gasteiger partial charge in [0.1, 0.15) is 11.8 Å². The molecular formula is C22H25NO6. The van der Waals surface area contributed by atoms with Crippen molar-refractivity contribution in [2.75, 3.05) is 7.05 Å². The van der Waals surface area contributed by atoms with Crippen molar-refractivity contribution < 1.29 is 28.6 Å². The molecule has 2 aliphatic rings. The SMILES string of the molecule is C/C=C/C(C)OC(=O)C(c1ccccc1)N(C)C1=C(C)C(=O)OC2(CC2)OC1=O. The van der Waals surface area contributed by atoms with E-state index in [9.17, 15) is 14.4 Å². The van der Waals surface area contributed by atoms with Gasteiger partial charge in [0.2, 0.25) is 0 Å². The van der Waals surface area contributed by atoms with Gasteiger partial charge >= 0.3 is 17.9 Å². The lowest BCUT2D eigenvalue weighted by Crippen LogP contribution is -2.37. The minimum Gasteiger partial charge on any atom is -0.457 e. The minimum atomic E-state index is -1.17. The molecule has 2 atom stereocenters. The van der Waals surface area contributed by atoms with Crippen LogP contribution in [0.3, 0.4) is 0 Å². The molecule has 0 N–H and O–H groups in total. The number of esters is 3. The van der Waals surface area contributed by atoms with Gasteiger partial charge < -0.3 is 19.1 Å². The summed E-state index contributed by atoms with van der Waals surface area (Å²) >= 11 is 0. The van der Waals surface area contributed by atoms with E-state index >= 15 is 0 Å². The van der Waals surface area contributed by atoms with Crippen molar-refractivity contribution in [2.24, 2.45) is 0 Å². The summed E-state index contributed by atoms with van der Waals surface area (Å²) in [5.41, 5.74) is 0.708. The maximum atomic E-state index is 13.0. The molecule has 1 aromatic rings. The molecule has 7 heteroatoms. The van der Waals surface area contributed by atoms with E-state index in [4.69, 9.17) is 14.2 Å². The van der Waals surface area contributed by atoms with Crippen LogP contribution in [-0.2, 0) is 28.6 Å². The molecule has 7 nitrogen and oxygen atoms in total. The van der Waals surface area contributed by atoms with E-state index in [0.717, 1.165) is 0 Å². The fourth-order valence-electron chi connectivity index (χ4n) is 3.29. The predicted molar refractivity (Wildman–Crippen MR) is 104 cm³/mol. The van der Waals surface area contributed by atoms with E-state index in [-0.39, 0.29) is 11.3 Å². The monoisotopic (exact) mass is 399 g/mol. The summed E-state index contributed by atoms with van der Waals surface area (Å²) < 4.78 is 16.3. The van der Waals surface area contributed by atoms with Gasteiger partial charge in [-0.05, 0) is 32.4 Å². The molecule has 3 rings (SSSR count). The fraction of sp³-hybridized carbons (Fsp3) is 0.409. The Labute approximate surface area is 169 Å². The molecule has 1 heterocycles. The summed E-state index contributed by atoms with van der Waals surface area (Å²) in [7, 11) is 1.57.